The average molecular weight is 347 g/mol. The summed E-state index contributed by atoms with van der Waals surface area (Å²) in [6.45, 7) is 1.78. The summed E-state index contributed by atoms with van der Waals surface area (Å²) >= 11 is 0. The SMILES string of the molecule is Cc1c(-c2ccc(F)cc2)n[nH]c1C(=O)Nc1ccc2cccnc2n1. The van der Waals surface area contributed by atoms with Crippen molar-refractivity contribution in [3.8, 4) is 11.3 Å². The van der Waals surface area contributed by atoms with Gasteiger partial charge >= 0.3 is 0 Å². The van der Waals surface area contributed by atoms with Gasteiger partial charge in [0.15, 0.2) is 5.65 Å². The van der Waals surface area contributed by atoms with Crippen molar-refractivity contribution in [1.29, 1.82) is 0 Å². The first-order valence-electron chi connectivity index (χ1n) is 7.96. The summed E-state index contributed by atoms with van der Waals surface area (Å²) in [6, 6.07) is 13.2. The fourth-order valence-corrected chi connectivity index (χ4v) is 2.71. The van der Waals surface area contributed by atoms with E-state index in [1.54, 1.807) is 31.3 Å². The number of aromatic nitrogens is 4. The molecule has 4 aromatic rings. The molecular formula is C19H14FN5O. The van der Waals surface area contributed by atoms with Crippen LogP contribution in [0.5, 0.6) is 0 Å². The van der Waals surface area contributed by atoms with E-state index < -0.39 is 0 Å². The normalized spacial score (nSPS) is 10.8. The van der Waals surface area contributed by atoms with Gasteiger partial charge in [-0.1, -0.05) is 0 Å². The molecule has 26 heavy (non-hydrogen) atoms. The summed E-state index contributed by atoms with van der Waals surface area (Å²) < 4.78 is 13.1. The lowest BCUT2D eigenvalue weighted by atomic mass is 10.1. The first-order valence-corrected chi connectivity index (χ1v) is 7.96. The Bertz CT molecular complexity index is 1100. The van der Waals surface area contributed by atoms with Crippen LogP contribution in [0.15, 0.2) is 54.7 Å². The number of nitrogens with one attached hydrogen (secondary N) is 2. The van der Waals surface area contributed by atoms with Gasteiger partial charge < -0.3 is 5.32 Å². The predicted molar refractivity (Wildman–Crippen MR) is 96.2 cm³/mol. The molecule has 1 amide bonds. The van der Waals surface area contributed by atoms with Crippen LogP contribution in [0.3, 0.4) is 0 Å². The van der Waals surface area contributed by atoms with Gasteiger partial charge in [0.1, 0.15) is 17.3 Å². The van der Waals surface area contributed by atoms with E-state index in [4.69, 9.17) is 0 Å². The second kappa shape index (κ2) is 6.36. The van der Waals surface area contributed by atoms with Crippen LogP contribution in [-0.2, 0) is 0 Å². The molecule has 0 aliphatic carbocycles. The minimum Gasteiger partial charge on any atom is -0.305 e. The molecule has 128 valence electrons. The van der Waals surface area contributed by atoms with E-state index in [0.29, 0.717) is 28.4 Å². The number of halogens is 1. The minimum absolute atomic E-state index is 0.323. The van der Waals surface area contributed by atoms with Crippen molar-refractivity contribution in [3.05, 3.63) is 71.8 Å². The number of carbonyl (C=O) groups excluding carboxylic acids is 1. The molecule has 6 nitrogen and oxygen atoms in total. The van der Waals surface area contributed by atoms with Gasteiger partial charge in [-0.05, 0) is 55.5 Å². The molecule has 0 fully saturated rings. The summed E-state index contributed by atoms with van der Waals surface area (Å²) in [5.74, 6) is -0.277. The molecule has 0 unspecified atom stereocenters. The lowest BCUT2D eigenvalue weighted by molar-refractivity contribution is 0.102. The standard InChI is InChI=1S/C19H14FN5O/c1-11-16(12-4-7-14(20)8-5-12)24-25-17(11)19(26)23-15-9-6-13-3-2-10-21-18(13)22-15/h2-10H,1H3,(H,24,25)(H,21,22,23,26). The van der Waals surface area contributed by atoms with Crippen molar-refractivity contribution in [1.82, 2.24) is 20.2 Å². The molecular weight excluding hydrogens is 333 g/mol. The fourth-order valence-electron chi connectivity index (χ4n) is 2.71. The highest BCUT2D eigenvalue weighted by atomic mass is 19.1. The van der Waals surface area contributed by atoms with Crippen LogP contribution in [0.4, 0.5) is 10.2 Å². The van der Waals surface area contributed by atoms with Gasteiger partial charge in [-0.3, -0.25) is 9.89 Å². The molecule has 4 rings (SSSR count). The monoisotopic (exact) mass is 347 g/mol. The van der Waals surface area contributed by atoms with E-state index in [9.17, 15) is 9.18 Å². The number of benzene rings is 1. The quantitative estimate of drug-likeness (QED) is 0.592. The molecule has 1 aromatic carbocycles. The summed E-state index contributed by atoms with van der Waals surface area (Å²) in [5, 5.41) is 10.6. The zero-order valence-electron chi connectivity index (χ0n) is 13.8. The Morgan fingerprint density at radius 2 is 1.92 bits per heavy atom. The van der Waals surface area contributed by atoms with E-state index in [-0.39, 0.29) is 11.7 Å². The summed E-state index contributed by atoms with van der Waals surface area (Å²) in [4.78, 5) is 21.1. The Morgan fingerprint density at radius 1 is 1.12 bits per heavy atom. The van der Waals surface area contributed by atoms with E-state index in [1.807, 2.05) is 18.2 Å². The number of H-pyrrole nitrogens is 1. The van der Waals surface area contributed by atoms with Crippen LogP contribution in [0.1, 0.15) is 16.1 Å². The highest BCUT2D eigenvalue weighted by molar-refractivity contribution is 6.04. The van der Waals surface area contributed by atoms with Gasteiger partial charge in [-0.15, -0.1) is 0 Å². The van der Waals surface area contributed by atoms with Gasteiger partial charge in [-0.25, -0.2) is 14.4 Å². The van der Waals surface area contributed by atoms with E-state index in [1.165, 1.54) is 12.1 Å². The molecule has 3 aromatic heterocycles. The first kappa shape index (κ1) is 15.9. The molecule has 2 N–H and O–H groups in total. The van der Waals surface area contributed by atoms with Crippen LogP contribution < -0.4 is 5.32 Å². The predicted octanol–water partition coefficient (Wildman–Crippen LogP) is 3.72. The Morgan fingerprint density at radius 3 is 2.73 bits per heavy atom. The molecule has 0 spiro atoms. The van der Waals surface area contributed by atoms with Crippen LogP contribution in [0.2, 0.25) is 0 Å². The number of amides is 1. The molecule has 0 saturated carbocycles. The van der Waals surface area contributed by atoms with Crippen LogP contribution in [0.25, 0.3) is 22.3 Å². The lowest BCUT2D eigenvalue weighted by Crippen LogP contribution is -2.14. The van der Waals surface area contributed by atoms with Gasteiger partial charge in [0.25, 0.3) is 5.91 Å². The zero-order valence-corrected chi connectivity index (χ0v) is 13.8. The summed E-state index contributed by atoms with van der Waals surface area (Å²) in [6.07, 6.45) is 1.65. The molecule has 0 atom stereocenters. The van der Waals surface area contributed by atoms with Gasteiger partial charge in [0, 0.05) is 22.7 Å². The van der Waals surface area contributed by atoms with Crippen LogP contribution in [0, 0.1) is 12.7 Å². The largest absolute Gasteiger partial charge is 0.305 e. The van der Waals surface area contributed by atoms with Crippen molar-refractivity contribution in [3.63, 3.8) is 0 Å². The highest BCUT2D eigenvalue weighted by Crippen LogP contribution is 2.24. The molecule has 0 saturated heterocycles. The summed E-state index contributed by atoms with van der Waals surface area (Å²) in [7, 11) is 0. The Hall–Kier alpha value is -3.61. The number of fused-ring (bicyclic) bond motifs is 1. The van der Waals surface area contributed by atoms with Crippen molar-refractivity contribution in [2.75, 3.05) is 5.32 Å². The molecule has 0 aliphatic rings. The number of rotatable bonds is 3. The Labute approximate surface area is 148 Å². The van der Waals surface area contributed by atoms with Gasteiger partial charge in [0.05, 0.1) is 5.69 Å². The van der Waals surface area contributed by atoms with Crippen molar-refractivity contribution < 1.29 is 9.18 Å². The number of hydrogen-bond acceptors (Lipinski definition) is 4. The smallest absolute Gasteiger partial charge is 0.275 e. The maximum atomic E-state index is 13.1. The van der Waals surface area contributed by atoms with Crippen molar-refractivity contribution in [2.45, 2.75) is 6.92 Å². The zero-order chi connectivity index (χ0) is 18.1. The van der Waals surface area contributed by atoms with Gasteiger partial charge in [-0.2, -0.15) is 5.10 Å². The Kier molecular flexibility index (Phi) is 3.89. The van der Waals surface area contributed by atoms with E-state index in [2.05, 4.69) is 25.5 Å². The third-order valence-corrected chi connectivity index (χ3v) is 4.06. The number of nitrogens with zero attached hydrogens (tertiary/aromatic N) is 3. The summed E-state index contributed by atoms with van der Waals surface area (Å²) in [5.41, 5.74) is 2.88. The maximum Gasteiger partial charge on any atom is 0.275 e. The Balaban J connectivity index is 1.61. The molecule has 3 heterocycles. The molecule has 0 radical (unpaired) electrons. The van der Waals surface area contributed by atoms with Gasteiger partial charge in [0.2, 0.25) is 0 Å². The number of carbonyl (C=O) groups is 1. The molecule has 0 bridgehead atoms. The van der Waals surface area contributed by atoms with Crippen molar-refractivity contribution in [2.24, 2.45) is 0 Å². The number of pyridine rings is 2. The van der Waals surface area contributed by atoms with E-state index >= 15 is 0 Å². The van der Waals surface area contributed by atoms with Crippen molar-refractivity contribution >= 4 is 22.8 Å². The third kappa shape index (κ3) is 2.90. The maximum absolute atomic E-state index is 13.1. The second-order valence-electron chi connectivity index (χ2n) is 5.78. The molecule has 0 aliphatic heterocycles. The second-order valence-corrected chi connectivity index (χ2v) is 5.78. The number of hydrogen-bond donors (Lipinski definition) is 2. The first-order chi connectivity index (χ1) is 12.6. The van der Waals surface area contributed by atoms with Crippen LogP contribution in [-0.4, -0.2) is 26.1 Å². The van der Waals surface area contributed by atoms with E-state index in [0.717, 1.165) is 10.9 Å². The lowest BCUT2D eigenvalue weighted by Gasteiger charge is -2.05. The minimum atomic E-state index is -0.355. The highest BCUT2D eigenvalue weighted by Gasteiger charge is 2.17. The third-order valence-electron chi connectivity index (χ3n) is 4.06. The topological polar surface area (TPSA) is 83.6 Å². The average Bonchev–Trinajstić information content (AvgIpc) is 3.04. The number of aromatic amines is 1. The molecule has 7 heteroatoms. The fraction of sp³-hybridized carbons (Fsp3) is 0.0526. The van der Waals surface area contributed by atoms with Crippen LogP contribution >= 0.6 is 0 Å². The number of anilines is 1.